The Labute approximate surface area is 119 Å². The van der Waals surface area contributed by atoms with E-state index >= 15 is 0 Å². The van der Waals surface area contributed by atoms with E-state index < -0.39 is 16.0 Å². The van der Waals surface area contributed by atoms with Crippen LogP contribution in [0.15, 0.2) is 23.1 Å². The van der Waals surface area contributed by atoms with Gasteiger partial charge in [0, 0.05) is 14.1 Å². The van der Waals surface area contributed by atoms with Crippen LogP contribution in [0.4, 0.5) is 0 Å². The molecule has 6 nitrogen and oxygen atoms in total. The molecule has 20 heavy (non-hydrogen) atoms. The summed E-state index contributed by atoms with van der Waals surface area (Å²) in [6.07, 6.45) is -0.344. The predicted octanol–water partition coefficient (Wildman–Crippen LogP) is 1.51. The molecule has 0 amide bonds. The van der Waals surface area contributed by atoms with Crippen LogP contribution >= 0.6 is 0 Å². The van der Waals surface area contributed by atoms with Crippen molar-refractivity contribution in [2.75, 3.05) is 21.2 Å². The minimum atomic E-state index is -3.74. The third kappa shape index (κ3) is 3.49. The van der Waals surface area contributed by atoms with Gasteiger partial charge in [-0.1, -0.05) is 0 Å². The fourth-order valence-electron chi connectivity index (χ4n) is 1.49. The number of rotatable bonds is 5. The molecule has 0 aliphatic carbocycles. The fourth-order valence-corrected chi connectivity index (χ4v) is 2.55. The lowest BCUT2D eigenvalue weighted by Crippen LogP contribution is -2.25. The van der Waals surface area contributed by atoms with E-state index in [1.54, 1.807) is 13.8 Å². The zero-order chi connectivity index (χ0) is 15.5. The van der Waals surface area contributed by atoms with Gasteiger partial charge in [-0.15, -0.1) is 0 Å². The number of carbonyl (C=O) groups is 1. The van der Waals surface area contributed by atoms with Crippen molar-refractivity contribution in [2.24, 2.45) is 0 Å². The van der Waals surface area contributed by atoms with Crippen molar-refractivity contribution in [3.8, 4) is 5.75 Å². The number of sulfonamides is 1. The summed E-state index contributed by atoms with van der Waals surface area (Å²) < 4.78 is 35.6. The van der Waals surface area contributed by atoms with E-state index in [4.69, 9.17) is 9.47 Å². The van der Waals surface area contributed by atoms with Crippen LogP contribution in [-0.4, -0.2) is 46.0 Å². The highest BCUT2D eigenvalue weighted by Crippen LogP contribution is 2.24. The Morgan fingerprint density at radius 1 is 1.25 bits per heavy atom. The van der Waals surface area contributed by atoms with Gasteiger partial charge in [-0.25, -0.2) is 17.5 Å². The molecule has 0 spiro atoms. The average Bonchev–Trinajstić information content (AvgIpc) is 2.36. The number of carbonyl (C=O) groups excluding carboxylic acids is 1. The zero-order valence-corrected chi connectivity index (χ0v) is 13.0. The maximum atomic E-state index is 12.2. The second-order valence-corrected chi connectivity index (χ2v) is 6.72. The number of esters is 1. The molecular weight excluding hydrogens is 282 g/mol. The monoisotopic (exact) mass is 301 g/mol. The Bertz CT molecular complexity index is 593. The van der Waals surface area contributed by atoms with E-state index in [-0.39, 0.29) is 16.6 Å². The lowest BCUT2D eigenvalue weighted by molar-refractivity contribution is 0.0372. The minimum Gasteiger partial charge on any atom is -0.497 e. The average molecular weight is 301 g/mol. The molecule has 0 saturated carbocycles. The van der Waals surface area contributed by atoms with Crippen molar-refractivity contribution >= 4 is 16.0 Å². The van der Waals surface area contributed by atoms with Crippen molar-refractivity contribution in [3.05, 3.63) is 23.8 Å². The summed E-state index contributed by atoms with van der Waals surface area (Å²) in [6.45, 7) is 3.39. The van der Waals surface area contributed by atoms with E-state index in [0.29, 0.717) is 5.75 Å². The zero-order valence-electron chi connectivity index (χ0n) is 12.2. The molecule has 0 atom stereocenters. The second-order valence-electron chi connectivity index (χ2n) is 4.60. The Kier molecular flexibility index (Phi) is 5.13. The normalized spacial score (nSPS) is 11.8. The van der Waals surface area contributed by atoms with E-state index in [1.807, 2.05) is 0 Å². The number of nitrogens with zero attached hydrogens (tertiary/aromatic N) is 1. The van der Waals surface area contributed by atoms with Crippen molar-refractivity contribution in [1.82, 2.24) is 4.31 Å². The van der Waals surface area contributed by atoms with Gasteiger partial charge >= 0.3 is 5.97 Å². The van der Waals surface area contributed by atoms with Gasteiger partial charge in [-0.05, 0) is 32.0 Å². The summed E-state index contributed by atoms with van der Waals surface area (Å²) >= 11 is 0. The molecule has 0 radical (unpaired) electrons. The minimum absolute atomic E-state index is 0.0354. The number of hydrogen-bond acceptors (Lipinski definition) is 5. The SMILES string of the molecule is COc1ccc(S(=O)(=O)N(C)C)c(C(=O)OC(C)C)c1. The Hall–Kier alpha value is -1.60. The Morgan fingerprint density at radius 2 is 1.85 bits per heavy atom. The first kappa shape index (κ1) is 16.5. The first-order valence-electron chi connectivity index (χ1n) is 6.01. The number of ether oxygens (including phenoxy) is 2. The van der Waals surface area contributed by atoms with E-state index in [1.165, 1.54) is 39.4 Å². The highest BCUT2D eigenvalue weighted by molar-refractivity contribution is 7.89. The van der Waals surface area contributed by atoms with E-state index in [9.17, 15) is 13.2 Å². The highest BCUT2D eigenvalue weighted by atomic mass is 32.2. The molecule has 0 aromatic heterocycles. The van der Waals surface area contributed by atoms with Gasteiger partial charge < -0.3 is 9.47 Å². The van der Waals surface area contributed by atoms with Gasteiger partial charge in [0.2, 0.25) is 10.0 Å². The molecule has 0 heterocycles. The maximum absolute atomic E-state index is 12.2. The van der Waals surface area contributed by atoms with Gasteiger partial charge in [-0.2, -0.15) is 0 Å². The molecule has 1 aromatic rings. The summed E-state index contributed by atoms with van der Waals surface area (Å²) in [5.41, 5.74) is -0.0354. The van der Waals surface area contributed by atoms with Gasteiger partial charge in [0.05, 0.1) is 23.7 Å². The molecule has 0 aliphatic rings. The topological polar surface area (TPSA) is 72.9 Å². The molecular formula is C13H19NO5S. The summed E-state index contributed by atoms with van der Waals surface area (Å²) in [6, 6.07) is 4.19. The quantitative estimate of drug-likeness (QED) is 0.771. The van der Waals surface area contributed by atoms with Crippen molar-refractivity contribution in [2.45, 2.75) is 24.8 Å². The molecule has 1 rings (SSSR count). The fraction of sp³-hybridized carbons (Fsp3) is 0.462. The molecule has 112 valence electrons. The summed E-state index contributed by atoms with van der Waals surface area (Å²) in [5.74, 6) is -0.308. The van der Waals surface area contributed by atoms with Crippen LogP contribution in [0, 0.1) is 0 Å². The first-order chi connectivity index (χ1) is 9.20. The summed E-state index contributed by atoms with van der Waals surface area (Å²) in [4.78, 5) is 11.9. The number of benzene rings is 1. The third-order valence-electron chi connectivity index (χ3n) is 2.51. The van der Waals surface area contributed by atoms with E-state index in [0.717, 1.165) is 4.31 Å². The summed E-state index contributed by atoms with van der Waals surface area (Å²) in [7, 11) is 0.501. The van der Waals surface area contributed by atoms with Crippen LogP contribution < -0.4 is 4.74 Å². The predicted molar refractivity (Wildman–Crippen MR) is 74.4 cm³/mol. The van der Waals surface area contributed by atoms with Crippen LogP contribution in [0.5, 0.6) is 5.75 Å². The molecule has 0 N–H and O–H groups in total. The van der Waals surface area contributed by atoms with Crippen molar-refractivity contribution in [1.29, 1.82) is 0 Å². The van der Waals surface area contributed by atoms with Crippen molar-refractivity contribution in [3.63, 3.8) is 0 Å². The number of methoxy groups -OCH3 is 1. The number of hydrogen-bond donors (Lipinski definition) is 0. The van der Waals surface area contributed by atoms with E-state index in [2.05, 4.69) is 0 Å². The molecule has 1 aromatic carbocycles. The Morgan fingerprint density at radius 3 is 2.30 bits per heavy atom. The van der Waals surface area contributed by atoms with Crippen LogP contribution in [0.25, 0.3) is 0 Å². The van der Waals surface area contributed by atoms with Gasteiger partial charge in [0.1, 0.15) is 5.75 Å². The van der Waals surface area contributed by atoms with Gasteiger partial charge in [0.15, 0.2) is 0 Å². The lowest BCUT2D eigenvalue weighted by atomic mass is 10.2. The van der Waals surface area contributed by atoms with Crippen LogP contribution in [0.3, 0.4) is 0 Å². The third-order valence-corrected chi connectivity index (χ3v) is 4.38. The molecule has 0 saturated heterocycles. The molecule has 7 heteroatoms. The second kappa shape index (κ2) is 6.23. The van der Waals surface area contributed by atoms with Crippen LogP contribution in [0.2, 0.25) is 0 Å². The van der Waals surface area contributed by atoms with Crippen LogP contribution in [-0.2, 0) is 14.8 Å². The van der Waals surface area contributed by atoms with Crippen LogP contribution in [0.1, 0.15) is 24.2 Å². The molecule has 0 aliphatic heterocycles. The van der Waals surface area contributed by atoms with Gasteiger partial charge in [0.25, 0.3) is 0 Å². The first-order valence-corrected chi connectivity index (χ1v) is 7.45. The Balaban J connectivity index is 3.42. The van der Waals surface area contributed by atoms with Gasteiger partial charge in [-0.3, -0.25) is 0 Å². The molecule has 0 bridgehead atoms. The molecule has 0 unspecified atom stereocenters. The smallest absolute Gasteiger partial charge is 0.339 e. The lowest BCUT2D eigenvalue weighted by Gasteiger charge is -2.16. The highest BCUT2D eigenvalue weighted by Gasteiger charge is 2.26. The van der Waals surface area contributed by atoms with Crippen molar-refractivity contribution < 1.29 is 22.7 Å². The largest absolute Gasteiger partial charge is 0.497 e. The summed E-state index contributed by atoms with van der Waals surface area (Å²) in [5, 5.41) is 0. The standard InChI is InChI=1S/C13H19NO5S/c1-9(2)19-13(15)11-8-10(18-5)6-7-12(11)20(16,17)14(3)4/h6-9H,1-5H3. The maximum Gasteiger partial charge on any atom is 0.339 e. The molecule has 0 fully saturated rings.